The molecule has 21 heavy (non-hydrogen) atoms. The van der Waals surface area contributed by atoms with Gasteiger partial charge in [0.15, 0.2) is 6.04 Å². The Morgan fingerprint density at radius 2 is 1.86 bits per heavy atom. The van der Waals surface area contributed by atoms with E-state index in [9.17, 15) is 14.4 Å². The molecule has 0 aliphatic carbocycles. The number of hydrogen-bond acceptors (Lipinski definition) is 3. The molecule has 1 saturated heterocycles. The van der Waals surface area contributed by atoms with Crippen molar-refractivity contribution in [2.24, 2.45) is 5.73 Å². The van der Waals surface area contributed by atoms with Gasteiger partial charge in [0.05, 0.1) is 5.41 Å². The molecule has 0 aromatic heterocycles. The number of carbonyl (C=O) groups excluding carboxylic acids is 3. The highest BCUT2D eigenvalue weighted by atomic mass is 16.2. The maximum Gasteiger partial charge on any atom is 0.322 e. The monoisotopic (exact) mass is 285 g/mol. The summed E-state index contributed by atoms with van der Waals surface area (Å²) in [6.45, 7) is 3.49. The van der Waals surface area contributed by atoms with Crippen LogP contribution < -0.4 is 16.4 Å². The number of primary amides is 1. The average molecular weight is 285 g/mol. The first-order valence-electron chi connectivity index (χ1n) is 6.34. The highest BCUT2D eigenvalue weighted by Crippen LogP contribution is 2.22. The predicted molar refractivity (Wildman–Crippen MR) is 76.0 cm³/mol. The van der Waals surface area contributed by atoms with E-state index in [-0.39, 0.29) is 0 Å². The third-order valence-corrected chi connectivity index (χ3v) is 3.36. The third kappa shape index (κ3) is 3.03. The zero-order valence-electron chi connectivity index (χ0n) is 11.7. The van der Waals surface area contributed by atoms with Gasteiger partial charge in [-0.15, -0.1) is 0 Å². The van der Waals surface area contributed by atoms with Gasteiger partial charge in [-0.1, -0.05) is 24.0 Å². The lowest BCUT2D eigenvalue weighted by Gasteiger charge is -2.20. The molecule has 4 N–H and O–H groups in total. The summed E-state index contributed by atoms with van der Waals surface area (Å²) in [6.07, 6.45) is 0. The lowest BCUT2D eigenvalue weighted by atomic mass is 9.84. The maximum atomic E-state index is 11.4. The first-order valence-corrected chi connectivity index (χ1v) is 6.34. The Kier molecular flexibility index (Phi) is 3.68. The van der Waals surface area contributed by atoms with Crippen molar-refractivity contribution in [3.63, 3.8) is 0 Å². The quantitative estimate of drug-likeness (QED) is 0.527. The van der Waals surface area contributed by atoms with E-state index in [0.29, 0.717) is 5.56 Å². The fraction of sp³-hybridized carbons (Fsp3) is 0.267. The summed E-state index contributed by atoms with van der Waals surface area (Å²) in [5.74, 6) is 4.61. The second-order valence-electron chi connectivity index (χ2n) is 5.23. The fourth-order valence-electron chi connectivity index (χ4n) is 1.79. The van der Waals surface area contributed by atoms with Gasteiger partial charge in [0.25, 0.3) is 5.91 Å². The van der Waals surface area contributed by atoms with Crippen LogP contribution in [0.4, 0.5) is 4.79 Å². The number of nitrogens with two attached hydrogens (primary N) is 1. The molecule has 1 unspecified atom stereocenters. The zero-order chi connectivity index (χ0) is 15.6. The Balaban J connectivity index is 2.16. The topological polar surface area (TPSA) is 101 Å². The molecule has 108 valence electrons. The van der Waals surface area contributed by atoms with Crippen molar-refractivity contribution in [1.29, 1.82) is 0 Å². The Hall–Kier alpha value is -2.81. The number of nitrogens with one attached hydrogen (secondary N) is 2. The molecule has 1 aliphatic heterocycles. The molecule has 1 heterocycles. The van der Waals surface area contributed by atoms with E-state index in [1.54, 1.807) is 38.1 Å². The second-order valence-corrected chi connectivity index (χ2v) is 5.23. The molecule has 0 radical (unpaired) electrons. The van der Waals surface area contributed by atoms with E-state index in [0.717, 1.165) is 5.56 Å². The van der Waals surface area contributed by atoms with Crippen molar-refractivity contribution in [3.8, 4) is 11.8 Å². The molecule has 2 rings (SSSR count). The van der Waals surface area contributed by atoms with Crippen LogP contribution in [0.1, 0.15) is 25.0 Å². The number of rotatable bonds is 2. The van der Waals surface area contributed by atoms with Crippen molar-refractivity contribution in [3.05, 3.63) is 35.4 Å². The van der Waals surface area contributed by atoms with Crippen molar-refractivity contribution < 1.29 is 14.4 Å². The Morgan fingerprint density at radius 3 is 2.33 bits per heavy atom. The van der Waals surface area contributed by atoms with Crippen LogP contribution >= 0.6 is 0 Å². The summed E-state index contributed by atoms with van der Waals surface area (Å²) < 4.78 is 0. The van der Waals surface area contributed by atoms with Gasteiger partial charge in [-0.05, 0) is 31.5 Å². The first kappa shape index (κ1) is 14.6. The molecule has 0 bridgehead atoms. The van der Waals surface area contributed by atoms with Gasteiger partial charge < -0.3 is 11.1 Å². The van der Waals surface area contributed by atoms with E-state index in [2.05, 4.69) is 22.5 Å². The molecule has 6 heteroatoms. The number of carbonyl (C=O) groups is 3. The molecular weight excluding hydrogens is 270 g/mol. The molecule has 6 nitrogen and oxygen atoms in total. The summed E-state index contributed by atoms with van der Waals surface area (Å²) in [5, 5.41) is 4.49. The summed E-state index contributed by atoms with van der Waals surface area (Å²) in [6, 6.07) is 5.63. The van der Waals surface area contributed by atoms with Gasteiger partial charge in [-0.25, -0.2) is 4.79 Å². The van der Waals surface area contributed by atoms with Gasteiger partial charge in [-0.3, -0.25) is 14.9 Å². The van der Waals surface area contributed by atoms with Crippen LogP contribution in [0.3, 0.4) is 0 Å². The first-order chi connectivity index (χ1) is 9.80. The zero-order valence-corrected chi connectivity index (χ0v) is 11.7. The van der Waals surface area contributed by atoms with Crippen molar-refractivity contribution >= 4 is 17.8 Å². The van der Waals surface area contributed by atoms with Gasteiger partial charge in [0.2, 0.25) is 5.91 Å². The van der Waals surface area contributed by atoms with E-state index in [4.69, 9.17) is 5.73 Å². The Bertz CT molecular complexity index is 666. The van der Waals surface area contributed by atoms with Crippen LogP contribution in [0.15, 0.2) is 24.3 Å². The molecule has 1 aromatic rings. The number of amides is 4. The molecular formula is C15H15N3O3. The third-order valence-electron chi connectivity index (χ3n) is 3.36. The van der Waals surface area contributed by atoms with Crippen LogP contribution in [0.25, 0.3) is 0 Å². The van der Waals surface area contributed by atoms with Crippen LogP contribution in [0.5, 0.6) is 0 Å². The lowest BCUT2D eigenvalue weighted by Crippen LogP contribution is -2.35. The van der Waals surface area contributed by atoms with E-state index in [1.165, 1.54) is 0 Å². The number of urea groups is 1. The Labute approximate surface area is 122 Å². The smallest absolute Gasteiger partial charge is 0.322 e. The van der Waals surface area contributed by atoms with Gasteiger partial charge in [0, 0.05) is 5.56 Å². The normalized spacial score (nSPS) is 17.5. The van der Waals surface area contributed by atoms with Crippen LogP contribution in [-0.2, 0) is 15.0 Å². The average Bonchev–Trinajstić information content (AvgIpc) is 2.75. The summed E-state index contributed by atoms with van der Waals surface area (Å²) in [5.41, 5.74) is 6.06. The number of benzene rings is 1. The predicted octanol–water partition coefficient (Wildman–Crippen LogP) is 0.00900. The molecule has 1 aromatic carbocycles. The number of hydrogen-bond donors (Lipinski definition) is 3. The van der Waals surface area contributed by atoms with Crippen molar-refractivity contribution in [1.82, 2.24) is 10.6 Å². The van der Waals surface area contributed by atoms with Crippen molar-refractivity contribution in [2.75, 3.05) is 0 Å². The van der Waals surface area contributed by atoms with Gasteiger partial charge >= 0.3 is 6.03 Å². The fourth-order valence-corrected chi connectivity index (χ4v) is 1.79. The molecule has 0 spiro atoms. The van der Waals surface area contributed by atoms with E-state index < -0.39 is 29.3 Å². The molecule has 1 fully saturated rings. The molecule has 0 saturated carbocycles. The van der Waals surface area contributed by atoms with Crippen molar-refractivity contribution in [2.45, 2.75) is 25.3 Å². The van der Waals surface area contributed by atoms with E-state index in [1.807, 2.05) is 0 Å². The lowest BCUT2D eigenvalue weighted by molar-refractivity contribution is -0.122. The maximum absolute atomic E-state index is 11.4. The van der Waals surface area contributed by atoms with Gasteiger partial charge in [0.1, 0.15) is 0 Å². The second kappa shape index (κ2) is 5.29. The van der Waals surface area contributed by atoms with Crippen LogP contribution in [0.2, 0.25) is 0 Å². The summed E-state index contributed by atoms with van der Waals surface area (Å²) in [7, 11) is 0. The minimum atomic E-state index is -0.834. The van der Waals surface area contributed by atoms with Crippen LogP contribution in [-0.4, -0.2) is 23.9 Å². The highest BCUT2D eigenvalue weighted by Gasteiger charge is 2.28. The largest absolute Gasteiger partial charge is 0.369 e. The number of imide groups is 1. The molecule has 1 atom stereocenters. The summed E-state index contributed by atoms with van der Waals surface area (Å²) in [4.78, 5) is 33.6. The van der Waals surface area contributed by atoms with Gasteiger partial charge in [-0.2, -0.15) is 0 Å². The summed E-state index contributed by atoms with van der Waals surface area (Å²) >= 11 is 0. The van der Waals surface area contributed by atoms with E-state index >= 15 is 0 Å². The minimum Gasteiger partial charge on any atom is -0.369 e. The molecule has 1 aliphatic rings. The molecule has 4 amide bonds. The highest BCUT2D eigenvalue weighted by molar-refractivity contribution is 6.05. The minimum absolute atomic E-state index is 0.410. The van der Waals surface area contributed by atoms with Crippen LogP contribution in [0, 0.1) is 11.8 Å². The SMILES string of the molecule is CC(C)(C(N)=O)c1ccc(C#CC2NC(=O)NC2=O)cc1. The Morgan fingerprint density at radius 1 is 1.24 bits per heavy atom. The standard InChI is InChI=1S/C15H15N3O3/c1-15(2,13(16)20)10-6-3-9(4-7-10)5-8-11-12(19)18-14(21)17-11/h3-4,6-7,11H,1-2H3,(H2,16,20)(H2,17,18,19,21).